The maximum absolute atomic E-state index is 11.4. The maximum Gasteiger partial charge on any atom is 0.240 e. The number of hydrogen-bond acceptors (Lipinski definition) is 3. The van der Waals surface area contributed by atoms with Gasteiger partial charge in [-0.1, -0.05) is 25.5 Å². The van der Waals surface area contributed by atoms with Crippen LogP contribution >= 0.6 is 0 Å². The summed E-state index contributed by atoms with van der Waals surface area (Å²) in [6.45, 7) is 3.90. The average Bonchev–Trinajstić information content (AvgIpc) is 2.34. The van der Waals surface area contributed by atoms with E-state index in [1.165, 1.54) is 0 Å². The predicted molar refractivity (Wildman–Crippen MR) is 70.7 cm³/mol. The van der Waals surface area contributed by atoms with Gasteiger partial charge in [0.2, 0.25) is 5.91 Å². The van der Waals surface area contributed by atoms with Gasteiger partial charge < -0.3 is 5.73 Å². The molecule has 0 aliphatic heterocycles. The van der Waals surface area contributed by atoms with E-state index in [1.54, 1.807) is 0 Å². The average molecular weight is 233 g/mol. The van der Waals surface area contributed by atoms with Gasteiger partial charge in [0.15, 0.2) is 0 Å². The van der Waals surface area contributed by atoms with Crippen molar-refractivity contribution in [3.05, 3.63) is 29.8 Å². The molecule has 17 heavy (non-hydrogen) atoms. The van der Waals surface area contributed by atoms with Gasteiger partial charge in [-0.3, -0.25) is 4.79 Å². The lowest BCUT2D eigenvalue weighted by Gasteiger charge is -2.03. The molecule has 4 nitrogen and oxygen atoms in total. The van der Waals surface area contributed by atoms with Crippen molar-refractivity contribution in [3.63, 3.8) is 0 Å². The minimum atomic E-state index is -0.0401. The summed E-state index contributed by atoms with van der Waals surface area (Å²) in [4.78, 5) is 11.4. The second-order valence-electron chi connectivity index (χ2n) is 3.96. The molecule has 0 spiro atoms. The van der Waals surface area contributed by atoms with Gasteiger partial charge in [0.25, 0.3) is 0 Å². The van der Waals surface area contributed by atoms with Crippen LogP contribution in [0.1, 0.15) is 38.7 Å². The van der Waals surface area contributed by atoms with E-state index < -0.39 is 0 Å². The van der Waals surface area contributed by atoms with Gasteiger partial charge in [-0.15, -0.1) is 0 Å². The summed E-state index contributed by atoms with van der Waals surface area (Å²) in [5, 5.41) is 4.05. The van der Waals surface area contributed by atoms with Crippen molar-refractivity contribution < 1.29 is 4.79 Å². The number of nitrogens with zero attached hydrogens (tertiary/aromatic N) is 1. The van der Waals surface area contributed by atoms with Gasteiger partial charge in [-0.25, -0.2) is 5.43 Å². The molecule has 0 heterocycles. The number of benzene rings is 1. The Morgan fingerprint density at radius 2 is 2.00 bits per heavy atom. The molecule has 0 fully saturated rings. The van der Waals surface area contributed by atoms with Crippen LogP contribution in [0, 0.1) is 0 Å². The normalized spacial score (nSPS) is 11.3. The number of unbranched alkanes of at least 4 members (excludes halogenated alkanes) is 1. The fourth-order valence-corrected chi connectivity index (χ4v) is 1.33. The Morgan fingerprint density at radius 1 is 1.35 bits per heavy atom. The van der Waals surface area contributed by atoms with E-state index in [-0.39, 0.29) is 5.91 Å². The van der Waals surface area contributed by atoms with Crippen molar-refractivity contribution in [2.45, 2.75) is 33.1 Å². The van der Waals surface area contributed by atoms with E-state index in [0.717, 1.165) is 24.1 Å². The second kappa shape index (κ2) is 6.68. The molecule has 0 unspecified atom stereocenters. The molecule has 0 aliphatic carbocycles. The van der Waals surface area contributed by atoms with Crippen LogP contribution in [0.15, 0.2) is 29.4 Å². The number of nitrogens with one attached hydrogen (secondary N) is 1. The summed E-state index contributed by atoms with van der Waals surface area (Å²) in [7, 11) is 0. The molecule has 0 aliphatic rings. The first-order chi connectivity index (χ1) is 8.13. The number of nitrogens with two attached hydrogens (primary N) is 1. The third-order valence-electron chi connectivity index (χ3n) is 2.43. The van der Waals surface area contributed by atoms with E-state index in [1.807, 2.05) is 31.2 Å². The zero-order valence-corrected chi connectivity index (χ0v) is 10.4. The third kappa shape index (κ3) is 4.68. The summed E-state index contributed by atoms with van der Waals surface area (Å²) >= 11 is 0. The van der Waals surface area contributed by atoms with E-state index in [9.17, 15) is 4.79 Å². The monoisotopic (exact) mass is 233 g/mol. The quantitative estimate of drug-likeness (QED) is 0.465. The first-order valence-corrected chi connectivity index (χ1v) is 5.82. The van der Waals surface area contributed by atoms with E-state index in [0.29, 0.717) is 12.1 Å². The van der Waals surface area contributed by atoms with Crippen LogP contribution in [0.3, 0.4) is 0 Å². The van der Waals surface area contributed by atoms with Gasteiger partial charge in [-0.2, -0.15) is 5.10 Å². The number of hydrogen-bond donors (Lipinski definition) is 2. The number of anilines is 1. The van der Waals surface area contributed by atoms with Crippen LogP contribution in [0.2, 0.25) is 0 Å². The van der Waals surface area contributed by atoms with Crippen LogP contribution in [0.5, 0.6) is 0 Å². The van der Waals surface area contributed by atoms with Gasteiger partial charge >= 0.3 is 0 Å². The molecule has 0 radical (unpaired) electrons. The summed E-state index contributed by atoms with van der Waals surface area (Å²) in [6.07, 6.45) is 2.42. The molecule has 0 aromatic heterocycles. The molecule has 1 aromatic rings. The maximum atomic E-state index is 11.4. The van der Waals surface area contributed by atoms with Crippen molar-refractivity contribution in [2.75, 3.05) is 5.73 Å². The minimum absolute atomic E-state index is 0.0401. The highest BCUT2D eigenvalue weighted by Gasteiger charge is 2.00. The highest BCUT2D eigenvalue weighted by atomic mass is 16.2. The smallest absolute Gasteiger partial charge is 0.240 e. The molecule has 0 atom stereocenters. The molecule has 0 bridgehead atoms. The van der Waals surface area contributed by atoms with E-state index in [2.05, 4.69) is 17.5 Å². The van der Waals surface area contributed by atoms with Crippen molar-refractivity contribution in [1.82, 2.24) is 5.43 Å². The molecule has 0 saturated carbocycles. The zero-order valence-electron chi connectivity index (χ0n) is 10.4. The number of carbonyl (C=O) groups is 1. The van der Waals surface area contributed by atoms with Gasteiger partial charge in [-0.05, 0) is 31.0 Å². The van der Waals surface area contributed by atoms with Gasteiger partial charge in [0.1, 0.15) is 0 Å². The van der Waals surface area contributed by atoms with Crippen molar-refractivity contribution in [2.24, 2.45) is 5.10 Å². The number of nitrogen functional groups attached to an aromatic ring is 1. The second-order valence-corrected chi connectivity index (χ2v) is 3.96. The molecule has 1 aromatic carbocycles. The Balaban J connectivity index is 2.54. The third-order valence-corrected chi connectivity index (χ3v) is 2.43. The number of hydrazone groups is 1. The Hall–Kier alpha value is -1.84. The Labute approximate surface area is 102 Å². The molecule has 3 N–H and O–H groups in total. The number of carbonyl (C=O) groups excluding carboxylic acids is 1. The Morgan fingerprint density at radius 3 is 2.59 bits per heavy atom. The van der Waals surface area contributed by atoms with Crippen molar-refractivity contribution in [3.8, 4) is 0 Å². The number of rotatable bonds is 5. The molecule has 92 valence electrons. The van der Waals surface area contributed by atoms with E-state index >= 15 is 0 Å². The summed E-state index contributed by atoms with van der Waals surface area (Å²) in [5.41, 5.74) is 10.6. The summed E-state index contributed by atoms with van der Waals surface area (Å²) in [6, 6.07) is 7.39. The first-order valence-electron chi connectivity index (χ1n) is 5.82. The van der Waals surface area contributed by atoms with Gasteiger partial charge in [0, 0.05) is 12.1 Å². The number of amides is 1. The van der Waals surface area contributed by atoms with Gasteiger partial charge in [0.05, 0.1) is 5.71 Å². The first kappa shape index (κ1) is 13.2. The summed E-state index contributed by atoms with van der Waals surface area (Å²) in [5.74, 6) is -0.0401. The molecular weight excluding hydrogens is 214 g/mol. The fourth-order valence-electron chi connectivity index (χ4n) is 1.33. The molecule has 1 amide bonds. The zero-order chi connectivity index (χ0) is 12.7. The highest BCUT2D eigenvalue weighted by molar-refractivity contribution is 5.99. The SMILES string of the molecule is CCCCC(=O)N/N=C(\C)c1ccc(N)cc1. The molecule has 4 heteroatoms. The van der Waals surface area contributed by atoms with Crippen LogP contribution in [0.25, 0.3) is 0 Å². The van der Waals surface area contributed by atoms with Crippen LogP contribution in [0.4, 0.5) is 5.69 Å². The largest absolute Gasteiger partial charge is 0.399 e. The lowest BCUT2D eigenvalue weighted by molar-refractivity contribution is -0.121. The lowest BCUT2D eigenvalue weighted by Crippen LogP contribution is -2.18. The van der Waals surface area contributed by atoms with Crippen LogP contribution in [-0.2, 0) is 4.79 Å². The highest BCUT2D eigenvalue weighted by Crippen LogP contribution is 2.06. The topological polar surface area (TPSA) is 67.5 Å². The van der Waals surface area contributed by atoms with Crippen molar-refractivity contribution >= 4 is 17.3 Å². The lowest BCUT2D eigenvalue weighted by atomic mass is 10.1. The van der Waals surface area contributed by atoms with Crippen LogP contribution in [-0.4, -0.2) is 11.6 Å². The Kier molecular flexibility index (Phi) is 5.20. The predicted octanol–water partition coefficient (Wildman–Crippen LogP) is 2.30. The Bertz CT molecular complexity index is 396. The molecule has 1 rings (SSSR count). The van der Waals surface area contributed by atoms with Crippen molar-refractivity contribution in [1.29, 1.82) is 0 Å². The summed E-state index contributed by atoms with van der Waals surface area (Å²) < 4.78 is 0. The van der Waals surface area contributed by atoms with E-state index in [4.69, 9.17) is 5.73 Å². The molecular formula is C13H19N3O. The minimum Gasteiger partial charge on any atom is -0.399 e. The van der Waals surface area contributed by atoms with Crippen LogP contribution < -0.4 is 11.2 Å². The standard InChI is InChI=1S/C13H19N3O/c1-3-4-5-13(17)16-15-10(2)11-6-8-12(14)9-7-11/h6-9H,3-5,14H2,1-2H3,(H,16,17)/b15-10+. The molecule has 0 saturated heterocycles. The fraction of sp³-hybridized carbons (Fsp3) is 0.385.